The third-order valence-electron chi connectivity index (χ3n) is 7.04. The number of fused-ring (bicyclic) bond motifs is 1. The zero-order valence-electron chi connectivity index (χ0n) is 21.0. The van der Waals surface area contributed by atoms with Gasteiger partial charge in [-0.2, -0.15) is 0 Å². The van der Waals surface area contributed by atoms with Gasteiger partial charge < -0.3 is 25.3 Å². The molecule has 192 valence electrons. The molecule has 1 aliphatic heterocycles. The Morgan fingerprint density at radius 1 is 1.22 bits per heavy atom. The van der Waals surface area contributed by atoms with Crippen LogP contribution in [0, 0.1) is 12.7 Å². The van der Waals surface area contributed by atoms with E-state index in [9.17, 15) is 14.0 Å². The van der Waals surface area contributed by atoms with Crippen LogP contribution >= 0.6 is 0 Å². The summed E-state index contributed by atoms with van der Waals surface area (Å²) >= 11 is 0. The van der Waals surface area contributed by atoms with Crippen LogP contribution in [0.25, 0.3) is 16.7 Å². The van der Waals surface area contributed by atoms with Gasteiger partial charge in [0.2, 0.25) is 0 Å². The lowest BCUT2D eigenvalue weighted by atomic mass is 10.1. The quantitative estimate of drug-likeness (QED) is 0.417. The number of nitrogens with zero attached hydrogens (tertiary/aromatic N) is 4. The average molecular weight is 505 g/mol. The first kappa shape index (κ1) is 24.5. The molecule has 0 bridgehead atoms. The van der Waals surface area contributed by atoms with Crippen molar-refractivity contribution in [1.82, 2.24) is 14.1 Å². The predicted molar refractivity (Wildman–Crippen MR) is 141 cm³/mol. The number of halogens is 1. The molecule has 37 heavy (non-hydrogen) atoms. The Morgan fingerprint density at radius 2 is 2.03 bits per heavy atom. The Morgan fingerprint density at radius 3 is 2.78 bits per heavy atom. The van der Waals surface area contributed by atoms with Crippen LogP contribution in [0.1, 0.15) is 29.0 Å². The number of carbonyl (C=O) groups is 1. The Kier molecular flexibility index (Phi) is 6.43. The largest absolute Gasteiger partial charge is 0.494 e. The van der Waals surface area contributed by atoms with Crippen LogP contribution in [0.4, 0.5) is 15.8 Å². The van der Waals surface area contributed by atoms with Crippen molar-refractivity contribution in [2.45, 2.75) is 25.8 Å². The fourth-order valence-electron chi connectivity index (χ4n) is 5.05. The van der Waals surface area contributed by atoms with Gasteiger partial charge in [0.25, 0.3) is 11.5 Å². The summed E-state index contributed by atoms with van der Waals surface area (Å²) in [6.45, 7) is 3.18. The highest BCUT2D eigenvalue weighted by atomic mass is 19.1. The molecule has 0 saturated carbocycles. The molecule has 9 nitrogen and oxygen atoms in total. The second-order valence-corrected chi connectivity index (χ2v) is 9.11. The van der Waals surface area contributed by atoms with E-state index >= 15 is 0 Å². The van der Waals surface area contributed by atoms with E-state index < -0.39 is 17.3 Å². The normalized spacial score (nSPS) is 15.4. The molecule has 1 atom stereocenters. The van der Waals surface area contributed by atoms with E-state index in [1.807, 2.05) is 30.7 Å². The number of benzene rings is 2. The van der Waals surface area contributed by atoms with Crippen molar-refractivity contribution in [3.05, 3.63) is 76.2 Å². The van der Waals surface area contributed by atoms with E-state index in [1.54, 1.807) is 6.07 Å². The number of carbonyl (C=O) groups excluding carboxylic acids is 1. The smallest absolute Gasteiger partial charge is 0.268 e. The highest BCUT2D eigenvalue weighted by Gasteiger charge is 2.29. The topological polar surface area (TPSA) is 107 Å². The Hall–Kier alpha value is -4.18. The first-order valence-electron chi connectivity index (χ1n) is 12.1. The number of anilines is 2. The van der Waals surface area contributed by atoms with Crippen molar-refractivity contribution in [3.8, 4) is 11.4 Å². The SMILES string of the molecule is COc1cccc(F)c1-n1cccc(C(=O)Nc2ccc3c(nc(C)n3C)c2N2CCC[C@H]2CN)c1=O. The number of imidazole rings is 1. The second kappa shape index (κ2) is 9.70. The zero-order chi connectivity index (χ0) is 26.3. The Bertz CT molecular complexity index is 1560. The molecule has 0 unspecified atom stereocenters. The van der Waals surface area contributed by atoms with E-state index in [1.165, 1.54) is 37.6 Å². The van der Waals surface area contributed by atoms with Crippen molar-refractivity contribution in [1.29, 1.82) is 0 Å². The first-order chi connectivity index (χ1) is 17.8. The fraction of sp³-hybridized carbons (Fsp3) is 0.296. The molecule has 1 aliphatic rings. The third-order valence-corrected chi connectivity index (χ3v) is 7.04. The summed E-state index contributed by atoms with van der Waals surface area (Å²) in [5.74, 6) is -0.224. The van der Waals surface area contributed by atoms with Crippen LogP contribution < -0.4 is 26.2 Å². The highest BCUT2D eigenvalue weighted by molar-refractivity contribution is 6.09. The molecule has 2 aromatic heterocycles. The van der Waals surface area contributed by atoms with Gasteiger partial charge in [0.1, 0.15) is 28.3 Å². The molecule has 0 aliphatic carbocycles. The summed E-state index contributed by atoms with van der Waals surface area (Å²) < 4.78 is 23.0. The minimum Gasteiger partial charge on any atom is -0.494 e. The van der Waals surface area contributed by atoms with Crippen molar-refractivity contribution < 1.29 is 13.9 Å². The molecule has 0 radical (unpaired) electrons. The van der Waals surface area contributed by atoms with Crippen molar-refractivity contribution in [2.24, 2.45) is 12.8 Å². The molecule has 2 aromatic carbocycles. The van der Waals surface area contributed by atoms with Crippen molar-refractivity contribution >= 4 is 28.3 Å². The van der Waals surface area contributed by atoms with Crippen molar-refractivity contribution in [2.75, 3.05) is 30.4 Å². The number of amides is 1. The summed E-state index contributed by atoms with van der Waals surface area (Å²) in [7, 11) is 3.34. The maximum absolute atomic E-state index is 14.7. The summed E-state index contributed by atoms with van der Waals surface area (Å²) in [6, 6.07) is 11.1. The van der Waals surface area contributed by atoms with Crippen LogP contribution in [0.15, 0.2) is 53.5 Å². The van der Waals surface area contributed by atoms with Crippen LogP contribution in [-0.2, 0) is 7.05 Å². The minimum absolute atomic E-state index is 0.0569. The maximum Gasteiger partial charge on any atom is 0.268 e. The van der Waals surface area contributed by atoms with E-state index in [2.05, 4.69) is 10.2 Å². The summed E-state index contributed by atoms with van der Waals surface area (Å²) in [5.41, 5.74) is 8.24. The number of rotatable bonds is 6. The van der Waals surface area contributed by atoms with Gasteiger partial charge in [-0.05, 0) is 56.2 Å². The van der Waals surface area contributed by atoms with Gasteiger partial charge in [-0.1, -0.05) is 6.07 Å². The molecule has 0 spiro atoms. The number of hydrogen-bond donors (Lipinski definition) is 2. The molecule has 3 N–H and O–H groups in total. The molecule has 5 rings (SSSR count). The maximum atomic E-state index is 14.7. The van der Waals surface area contributed by atoms with Gasteiger partial charge >= 0.3 is 0 Å². The van der Waals surface area contributed by atoms with Crippen LogP contribution in [0.5, 0.6) is 5.75 Å². The van der Waals surface area contributed by atoms with E-state index in [-0.39, 0.29) is 23.0 Å². The number of nitrogens with one attached hydrogen (secondary N) is 1. The Balaban J connectivity index is 1.59. The number of ether oxygens (including phenoxy) is 1. The number of nitrogens with two attached hydrogens (primary N) is 1. The minimum atomic E-state index is -0.666. The molecule has 4 aromatic rings. The van der Waals surface area contributed by atoms with Crippen molar-refractivity contribution in [3.63, 3.8) is 0 Å². The van der Waals surface area contributed by atoms with E-state index in [0.29, 0.717) is 12.2 Å². The molecular formula is C27H29FN6O3. The van der Waals surface area contributed by atoms with E-state index in [4.69, 9.17) is 15.5 Å². The molecule has 3 heterocycles. The first-order valence-corrected chi connectivity index (χ1v) is 12.1. The second-order valence-electron chi connectivity index (χ2n) is 9.11. The lowest BCUT2D eigenvalue weighted by Crippen LogP contribution is -2.36. The molecular weight excluding hydrogens is 475 g/mol. The summed E-state index contributed by atoms with van der Waals surface area (Å²) in [5, 5.41) is 2.92. The number of pyridine rings is 1. The lowest BCUT2D eigenvalue weighted by molar-refractivity contribution is 0.102. The standard InChI is InChI=1S/C27H29FN6O3/c1-16-30-23-21(32(16)2)12-11-20(25(23)33-13-5-7-17(33)15-29)31-26(35)18-8-6-14-34(27(18)36)24-19(28)9-4-10-22(24)37-3/h4,6,8-12,14,17H,5,7,13,15,29H2,1-3H3,(H,31,35)/t17-/m0/s1. The van der Waals surface area contributed by atoms with Gasteiger partial charge in [0, 0.05) is 32.4 Å². The fourth-order valence-corrected chi connectivity index (χ4v) is 5.05. The lowest BCUT2D eigenvalue weighted by Gasteiger charge is -2.28. The molecule has 10 heteroatoms. The van der Waals surface area contributed by atoms with Gasteiger partial charge in [-0.3, -0.25) is 14.2 Å². The molecule has 1 fully saturated rings. The van der Waals surface area contributed by atoms with Gasteiger partial charge in [-0.25, -0.2) is 9.37 Å². The van der Waals surface area contributed by atoms with Crippen LogP contribution in [0.2, 0.25) is 0 Å². The number of hydrogen-bond acceptors (Lipinski definition) is 6. The molecule has 1 saturated heterocycles. The van der Waals surface area contributed by atoms with Gasteiger partial charge in [0.15, 0.2) is 5.82 Å². The van der Waals surface area contributed by atoms with E-state index in [0.717, 1.165) is 46.5 Å². The third kappa shape index (κ3) is 4.13. The van der Waals surface area contributed by atoms with Crippen LogP contribution in [-0.4, -0.2) is 46.3 Å². The van der Waals surface area contributed by atoms with Gasteiger partial charge in [0.05, 0.1) is 24.0 Å². The Labute approximate surface area is 213 Å². The van der Waals surface area contributed by atoms with Crippen LogP contribution in [0.3, 0.4) is 0 Å². The number of aromatic nitrogens is 3. The molecule has 1 amide bonds. The number of aryl methyl sites for hydroxylation is 2. The average Bonchev–Trinajstić information content (AvgIpc) is 3.48. The summed E-state index contributed by atoms with van der Waals surface area (Å²) in [4.78, 5) is 33.8. The highest BCUT2D eigenvalue weighted by Crippen LogP contribution is 2.38. The number of para-hydroxylation sites is 1. The summed E-state index contributed by atoms with van der Waals surface area (Å²) in [6.07, 6.45) is 3.33. The predicted octanol–water partition coefficient (Wildman–Crippen LogP) is 3.36. The van der Waals surface area contributed by atoms with Gasteiger partial charge in [-0.15, -0.1) is 0 Å². The number of methoxy groups -OCH3 is 1. The zero-order valence-corrected chi connectivity index (χ0v) is 21.0. The monoisotopic (exact) mass is 504 g/mol.